The molecule has 0 aromatic heterocycles. The fourth-order valence-electron chi connectivity index (χ4n) is 1.31. The van der Waals surface area contributed by atoms with Crippen LogP contribution in [-0.4, -0.2) is 13.1 Å². The Kier molecular flexibility index (Phi) is 5.15. The summed E-state index contributed by atoms with van der Waals surface area (Å²) in [7, 11) is 0. The second-order valence-corrected chi connectivity index (χ2v) is 4.29. The molecule has 1 rings (SSSR count). The van der Waals surface area contributed by atoms with E-state index in [-0.39, 0.29) is 0 Å². The Hall–Kier alpha value is -0.380. The SMILES string of the molecule is C[C@H](NCCCN)c1cccc(Br)c1. The van der Waals surface area contributed by atoms with Crippen molar-refractivity contribution in [3.8, 4) is 0 Å². The van der Waals surface area contributed by atoms with Crippen molar-refractivity contribution >= 4 is 15.9 Å². The molecule has 2 nitrogen and oxygen atoms in total. The number of halogens is 1. The zero-order valence-electron chi connectivity index (χ0n) is 8.46. The maximum atomic E-state index is 5.43. The van der Waals surface area contributed by atoms with E-state index < -0.39 is 0 Å². The van der Waals surface area contributed by atoms with E-state index >= 15 is 0 Å². The molecule has 14 heavy (non-hydrogen) atoms. The van der Waals surface area contributed by atoms with Crippen molar-refractivity contribution in [2.24, 2.45) is 5.73 Å². The van der Waals surface area contributed by atoms with Crippen LogP contribution in [0, 0.1) is 0 Å². The summed E-state index contributed by atoms with van der Waals surface area (Å²) in [5.74, 6) is 0. The van der Waals surface area contributed by atoms with Crippen LogP contribution in [-0.2, 0) is 0 Å². The van der Waals surface area contributed by atoms with E-state index in [1.165, 1.54) is 5.56 Å². The second kappa shape index (κ2) is 6.17. The molecule has 0 aliphatic rings. The molecular weight excluding hydrogens is 240 g/mol. The van der Waals surface area contributed by atoms with Crippen LogP contribution in [0.2, 0.25) is 0 Å². The topological polar surface area (TPSA) is 38.0 Å². The summed E-state index contributed by atoms with van der Waals surface area (Å²) in [6.07, 6.45) is 1.03. The quantitative estimate of drug-likeness (QED) is 0.795. The van der Waals surface area contributed by atoms with E-state index in [2.05, 4.69) is 46.4 Å². The summed E-state index contributed by atoms with van der Waals surface area (Å²) in [5, 5.41) is 3.43. The lowest BCUT2D eigenvalue weighted by Crippen LogP contribution is -2.21. The Morgan fingerprint density at radius 3 is 2.93 bits per heavy atom. The highest BCUT2D eigenvalue weighted by atomic mass is 79.9. The predicted molar refractivity (Wildman–Crippen MR) is 64.2 cm³/mol. The van der Waals surface area contributed by atoms with Gasteiger partial charge in [0, 0.05) is 10.5 Å². The van der Waals surface area contributed by atoms with E-state index in [1.807, 2.05) is 6.07 Å². The zero-order chi connectivity index (χ0) is 10.4. The van der Waals surface area contributed by atoms with E-state index in [4.69, 9.17) is 5.73 Å². The van der Waals surface area contributed by atoms with Gasteiger partial charge in [0.15, 0.2) is 0 Å². The third-order valence-corrected chi connectivity index (χ3v) is 2.67. The summed E-state index contributed by atoms with van der Waals surface area (Å²) in [5.41, 5.74) is 6.73. The standard InChI is InChI=1S/C11H17BrN2/c1-9(14-7-3-6-13)10-4-2-5-11(12)8-10/h2,4-5,8-9,14H,3,6-7,13H2,1H3/t9-/m0/s1. The minimum absolute atomic E-state index is 0.388. The first-order valence-corrected chi connectivity index (χ1v) is 5.72. The summed E-state index contributed by atoms with van der Waals surface area (Å²) < 4.78 is 1.13. The first-order valence-electron chi connectivity index (χ1n) is 4.93. The summed E-state index contributed by atoms with van der Waals surface area (Å²) in [4.78, 5) is 0. The predicted octanol–water partition coefficient (Wildman–Crippen LogP) is 2.45. The van der Waals surface area contributed by atoms with Gasteiger partial charge in [0.1, 0.15) is 0 Å². The van der Waals surface area contributed by atoms with Gasteiger partial charge >= 0.3 is 0 Å². The average Bonchev–Trinajstić information content (AvgIpc) is 2.18. The van der Waals surface area contributed by atoms with Crippen molar-refractivity contribution < 1.29 is 0 Å². The Balaban J connectivity index is 2.47. The molecule has 78 valence electrons. The van der Waals surface area contributed by atoms with Crippen molar-refractivity contribution in [1.29, 1.82) is 0 Å². The second-order valence-electron chi connectivity index (χ2n) is 3.37. The molecule has 0 saturated carbocycles. The molecule has 0 spiro atoms. The maximum absolute atomic E-state index is 5.43. The summed E-state index contributed by atoms with van der Waals surface area (Å²) in [6, 6.07) is 8.75. The lowest BCUT2D eigenvalue weighted by Gasteiger charge is -2.13. The minimum atomic E-state index is 0.388. The molecule has 0 heterocycles. The lowest BCUT2D eigenvalue weighted by molar-refractivity contribution is 0.561. The molecule has 3 heteroatoms. The van der Waals surface area contributed by atoms with E-state index in [9.17, 15) is 0 Å². The van der Waals surface area contributed by atoms with Gasteiger partial charge in [0.2, 0.25) is 0 Å². The molecule has 0 aliphatic heterocycles. The van der Waals surface area contributed by atoms with Gasteiger partial charge in [-0.25, -0.2) is 0 Å². The minimum Gasteiger partial charge on any atom is -0.330 e. The van der Waals surface area contributed by atoms with Crippen LogP contribution in [0.1, 0.15) is 24.9 Å². The number of hydrogen-bond donors (Lipinski definition) is 2. The summed E-state index contributed by atoms with van der Waals surface area (Å²) >= 11 is 3.46. The fourth-order valence-corrected chi connectivity index (χ4v) is 1.73. The van der Waals surface area contributed by atoms with Crippen molar-refractivity contribution in [3.63, 3.8) is 0 Å². The Bertz CT molecular complexity index is 276. The van der Waals surface area contributed by atoms with Gasteiger partial charge in [-0.1, -0.05) is 28.1 Å². The third kappa shape index (κ3) is 3.78. The Morgan fingerprint density at radius 1 is 1.50 bits per heavy atom. The molecule has 1 atom stereocenters. The first kappa shape index (κ1) is 11.7. The van der Waals surface area contributed by atoms with Crippen LogP contribution in [0.4, 0.5) is 0 Å². The van der Waals surface area contributed by atoms with Crippen LogP contribution < -0.4 is 11.1 Å². The first-order chi connectivity index (χ1) is 6.74. The van der Waals surface area contributed by atoms with E-state index in [1.54, 1.807) is 0 Å². The van der Waals surface area contributed by atoms with Crippen molar-refractivity contribution in [2.75, 3.05) is 13.1 Å². The Morgan fingerprint density at radius 2 is 2.29 bits per heavy atom. The van der Waals surface area contributed by atoms with Gasteiger partial charge in [-0.15, -0.1) is 0 Å². The van der Waals surface area contributed by atoms with Gasteiger partial charge in [-0.3, -0.25) is 0 Å². The van der Waals surface area contributed by atoms with Crippen LogP contribution >= 0.6 is 15.9 Å². The monoisotopic (exact) mass is 256 g/mol. The molecule has 0 bridgehead atoms. The molecule has 0 aliphatic carbocycles. The van der Waals surface area contributed by atoms with Gasteiger partial charge in [-0.2, -0.15) is 0 Å². The number of hydrogen-bond acceptors (Lipinski definition) is 2. The smallest absolute Gasteiger partial charge is 0.0292 e. The molecule has 0 radical (unpaired) electrons. The van der Waals surface area contributed by atoms with Gasteiger partial charge < -0.3 is 11.1 Å². The number of nitrogens with one attached hydrogen (secondary N) is 1. The zero-order valence-corrected chi connectivity index (χ0v) is 10.0. The Labute approximate surface area is 94.0 Å². The summed E-state index contributed by atoms with van der Waals surface area (Å²) in [6.45, 7) is 3.89. The number of nitrogens with two attached hydrogens (primary N) is 1. The highest BCUT2D eigenvalue weighted by Crippen LogP contribution is 2.17. The van der Waals surface area contributed by atoms with Crippen molar-refractivity contribution in [2.45, 2.75) is 19.4 Å². The molecule has 1 aromatic carbocycles. The fraction of sp³-hybridized carbons (Fsp3) is 0.455. The van der Waals surface area contributed by atoms with Gasteiger partial charge in [0.25, 0.3) is 0 Å². The molecular formula is C11H17BrN2. The van der Waals surface area contributed by atoms with Crippen LogP contribution in [0.5, 0.6) is 0 Å². The lowest BCUT2D eigenvalue weighted by atomic mass is 10.1. The van der Waals surface area contributed by atoms with Gasteiger partial charge in [-0.05, 0) is 44.1 Å². The number of benzene rings is 1. The largest absolute Gasteiger partial charge is 0.330 e. The average molecular weight is 257 g/mol. The van der Waals surface area contributed by atoms with Crippen molar-refractivity contribution in [1.82, 2.24) is 5.32 Å². The highest BCUT2D eigenvalue weighted by molar-refractivity contribution is 9.10. The molecule has 0 saturated heterocycles. The molecule has 3 N–H and O–H groups in total. The van der Waals surface area contributed by atoms with Gasteiger partial charge in [0.05, 0.1) is 0 Å². The van der Waals surface area contributed by atoms with E-state index in [0.29, 0.717) is 6.04 Å². The normalized spacial score (nSPS) is 12.8. The van der Waals surface area contributed by atoms with Crippen molar-refractivity contribution in [3.05, 3.63) is 34.3 Å². The van der Waals surface area contributed by atoms with E-state index in [0.717, 1.165) is 24.0 Å². The maximum Gasteiger partial charge on any atom is 0.0292 e. The number of rotatable bonds is 5. The molecule has 0 unspecified atom stereocenters. The van der Waals surface area contributed by atoms with Crippen LogP contribution in [0.15, 0.2) is 28.7 Å². The van der Waals surface area contributed by atoms with Crippen LogP contribution in [0.25, 0.3) is 0 Å². The molecule has 1 aromatic rings. The highest BCUT2D eigenvalue weighted by Gasteiger charge is 2.03. The van der Waals surface area contributed by atoms with Crippen LogP contribution in [0.3, 0.4) is 0 Å². The third-order valence-electron chi connectivity index (χ3n) is 2.18. The molecule has 0 amide bonds. The molecule has 0 fully saturated rings.